The Morgan fingerprint density at radius 1 is 0.268 bits per heavy atom. The van der Waals surface area contributed by atoms with Gasteiger partial charge in [-0.25, -0.2) is 15.0 Å². The molecule has 0 fully saturated rings. The molecule has 17 rings (SSSR count). The van der Waals surface area contributed by atoms with Crippen molar-refractivity contribution in [3.05, 3.63) is 278 Å². The van der Waals surface area contributed by atoms with Crippen molar-refractivity contribution in [2.24, 2.45) is 0 Å². The van der Waals surface area contributed by atoms with Crippen LogP contribution in [0, 0.1) is 0 Å². The summed E-state index contributed by atoms with van der Waals surface area (Å²) in [7, 11) is 0. The van der Waals surface area contributed by atoms with Crippen LogP contribution < -0.4 is 0 Å². The van der Waals surface area contributed by atoms with E-state index in [-0.39, 0.29) is 0 Å². The molecular formula is C75H49N7. The van der Waals surface area contributed by atoms with E-state index < -0.39 is 0 Å². The van der Waals surface area contributed by atoms with Gasteiger partial charge < -0.3 is 18.3 Å². The largest absolute Gasteiger partial charge is 0.310 e. The maximum Gasteiger partial charge on any atom is 0.164 e. The van der Waals surface area contributed by atoms with Crippen LogP contribution in [0.4, 0.5) is 0 Å². The number of para-hydroxylation sites is 6. The average molecular weight is 1050 g/mol. The third-order valence-corrected chi connectivity index (χ3v) is 16.9. The van der Waals surface area contributed by atoms with Gasteiger partial charge in [0.05, 0.1) is 50.0 Å². The molecule has 16 aromatic rings. The summed E-state index contributed by atoms with van der Waals surface area (Å²) in [5.41, 5.74) is 19.9. The molecule has 0 spiro atoms. The lowest BCUT2D eigenvalue weighted by Crippen LogP contribution is -2.05. The minimum absolute atomic E-state index is 0.586. The summed E-state index contributed by atoms with van der Waals surface area (Å²) < 4.78 is 9.65. The van der Waals surface area contributed by atoms with Crippen LogP contribution in [-0.4, -0.2) is 33.2 Å². The third kappa shape index (κ3) is 7.13. The van der Waals surface area contributed by atoms with Crippen LogP contribution in [0.15, 0.2) is 267 Å². The Kier molecular flexibility index (Phi) is 10.3. The van der Waals surface area contributed by atoms with E-state index in [2.05, 4.69) is 273 Å². The molecule has 0 aliphatic heterocycles. The Morgan fingerprint density at radius 2 is 0.695 bits per heavy atom. The Balaban J connectivity index is 0.879. The molecule has 0 unspecified atom stereocenters. The second kappa shape index (κ2) is 18.3. The lowest BCUT2D eigenvalue weighted by Gasteiger charge is -2.18. The van der Waals surface area contributed by atoms with Crippen LogP contribution in [-0.2, 0) is 6.42 Å². The van der Waals surface area contributed by atoms with Gasteiger partial charge in [-0.2, -0.15) is 0 Å². The Morgan fingerprint density at radius 3 is 1.30 bits per heavy atom. The van der Waals surface area contributed by atoms with E-state index in [4.69, 9.17) is 15.0 Å². The normalized spacial score (nSPS) is 12.5. The van der Waals surface area contributed by atoms with Crippen LogP contribution in [0.3, 0.4) is 0 Å². The molecule has 384 valence electrons. The fourth-order valence-electron chi connectivity index (χ4n) is 13.2. The molecule has 0 amide bonds. The van der Waals surface area contributed by atoms with Gasteiger partial charge >= 0.3 is 0 Å². The van der Waals surface area contributed by atoms with Crippen molar-refractivity contribution in [3.8, 4) is 68.0 Å². The molecule has 0 saturated carbocycles. The zero-order valence-electron chi connectivity index (χ0n) is 44.5. The van der Waals surface area contributed by atoms with Gasteiger partial charge in [-0.05, 0) is 133 Å². The van der Waals surface area contributed by atoms with Crippen LogP contribution >= 0.6 is 0 Å². The fourth-order valence-corrected chi connectivity index (χ4v) is 13.2. The van der Waals surface area contributed by atoms with Crippen molar-refractivity contribution in [2.75, 3.05) is 0 Å². The first-order chi connectivity index (χ1) is 40.7. The maximum atomic E-state index is 5.45. The van der Waals surface area contributed by atoms with Crippen molar-refractivity contribution >= 4 is 82.4 Å². The minimum Gasteiger partial charge on any atom is -0.310 e. The molecule has 0 bridgehead atoms. The summed E-state index contributed by atoms with van der Waals surface area (Å²) in [6.45, 7) is 0. The second-order valence-electron chi connectivity index (χ2n) is 21.5. The molecule has 82 heavy (non-hydrogen) atoms. The average Bonchev–Trinajstić information content (AvgIpc) is 4.48. The summed E-state index contributed by atoms with van der Waals surface area (Å²) in [4.78, 5) is 16.1. The SMILES string of the molecule is C1=Cc2c(c3ccccc3n2-c2cccc(-c3nc(-c4ccccc4)nc(-c4ccc(-n5c6ccccc6c6ccccc65)c(-n5c6ccccc6c6cc(-c7ccc8c(c7)c7ccccc7n8-c7ccccc7)ccc65)c4)n3)c2)CC1. The van der Waals surface area contributed by atoms with Gasteiger partial charge in [0, 0.05) is 71.5 Å². The van der Waals surface area contributed by atoms with Crippen molar-refractivity contribution in [2.45, 2.75) is 12.8 Å². The number of benzene rings is 11. The summed E-state index contributed by atoms with van der Waals surface area (Å²) in [5.74, 6) is 1.80. The highest BCUT2D eigenvalue weighted by Gasteiger charge is 2.24. The zero-order chi connectivity index (χ0) is 53.8. The first-order valence-electron chi connectivity index (χ1n) is 28.2. The number of hydrogen-bond acceptors (Lipinski definition) is 3. The molecule has 7 heteroatoms. The van der Waals surface area contributed by atoms with E-state index in [1.54, 1.807) is 0 Å². The summed E-state index contributed by atoms with van der Waals surface area (Å²) in [5, 5.41) is 8.48. The predicted molar refractivity (Wildman–Crippen MR) is 339 cm³/mol. The van der Waals surface area contributed by atoms with Crippen LogP contribution in [0.1, 0.15) is 17.7 Å². The Labute approximate surface area is 472 Å². The quantitative estimate of drug-likeness (QED) is 0.152. The highest BCUT2D eigenvalue weighted by atomic mass is 15.1. The number of hydrogen-bond donors (Lipinski definition) is 0. The van der Waals surface area contributed by atoms with E-state index in [9.17, 15) is 0 Å². The number of aryl methyl sites for hydroxylation is 1. The molecule has 11 aromatic carbocycles. The monoisotopic (exact) mass is 1050 g/mol. The summed E-state index contributed by atoms with van der Waals surface area (Å²) >= 11 is 0. The first kappa shape index (κ1) is 46.1. The highest BCUT2D eigenvalue weighted by molar-refractivity contribution is 6.14. The maximum absolute atomic E-state index is 5.45. The lowest BCUT2D eigenvalue weighted by molar-refractivity contribution is 0.967. The minimum atomic E-state index is 0.586. The second-order valence-corrected chi connectivity index (χ2v) is 21.5. The van der Waals surface area contributed by atoms with Crippen molar-refractivity contribution in [1.82, 2.24) is 33.2 Å². The Bertz CT molecular complexity index is 5230. The first-order valence-corrected chi connectivity index (χ1v) is 28.2. The van der Waals surface area contributed by atoms with Crippen molar-refractivity contribution in [3.63, 3.8) is 0 Å². The van der Waals surface area contributed by atoms with Gasteiger partial charge in [0.2, 0.25) is 0 Å². The number of rotatable bonds is 8. The van der Waals surface area contributed by atoms with Gasteiger partial charge in [0.15, 0.2) is 17.5 Å². The van der Waals surface area contributed by atoms with Gasteiger partial charge in [0.1, 0.15) is 0 Å². The van der Waals surface area contributed by atoms with Gasteiger partial charge in [-0.1, -0.05) is 170 Å². The molecule has 5 aromatic heterocycles. The van der Waals surface area contributed by atoms with Crippen LogP contribution in [0.2, 0.25) is 0 Å². The molecule has 0 radical (unpaired) electrons. The molecule has 7 nitrogen and oxygen atoms in total. The highest BCUT2D eigenvalue weighted by Crippen LogP contribution is 2.43. The molecule has 5 heterocycles. The van der Waals surface area contributed by atoms with Crippen LogP contribution in [0.25, 0.3) is 150 Å². The van der Waals surface area contributed by atoms with Gasteiger partial charge in [-0.3, -0.25) is 0 Å². The number of nitrogens with zero attached hydrogens (tertiary/aromatic N) is 7. The fraction of sp³-hybridized carbons (Fsp3) is 0.0267. The molecule has 0 saturated heterocycles. The van der Waals surface area contributed by atoms with E-state index in [1.807, 2.05) is 18.2 Å². The van der Waals surface area contributed by atoms with Crippen molar-refractivity contribution in [1.29, 1.82) is 0 Å². The summed E-state index contributed by atoms with van der Waals surface area (Å²) in [6.07, 6.45) is 6.63. The van der Waals surface area contributed by atoms with E-state index >= 15 is 0 Å². The van der Waals surface area contributed by atoms with Gasteiger partial charge in [0.25, 0.3) is 0 Å². The number of aromatic nitrogens is 7. The molecule has 0 N–H and O–H groups in total. The van der Waals surface area contributed by atoms with Crippen molar-refractivity contribution < 1.29 is 0 Å². The summed E-state index contributed by atoms with van der Waals surface area (Å²) in [6, 6.07) is 94.1. The van der Waals surface area contributed by atoms with E-state index in [0.29, 0.717) is 17.5 Å². The van der Waals surface area contributed by atoms with Gasteiger partial charge in [-0.15, -0.1) is 0 Å². The third-order valence-electron chi connectivity index (χ3n) is 16.9. The standard InChI is InChI=1S/C75H49N7/c1-3-20-48(21-4-1)73-76-74(51-22-19-25-54(44-51)80-63-32-13-7-26-55(63)56-27-8-14-33-64(56)80)78-75(77-73)52-40-43-71(81-66-35-16-9-28-57(66)58-29-10-17-36-67(58)81)72(47-52)82-68-37-18-12-31-60(68)62-46-50(39-42-70(62)82)49-38-41-69-61(45-49)59-30-11-15-34-65(59)79(69)53-23-5-2-6-24-53/h1-7,9-26,28-47H,8,27H2. The van der Waals surface area contributed by atoms with E-state index in [1.165, 1.54) is 71.1 Å². The topological polar surface area (TPSA) is 58.4 Å². The lowest BCUT2D eigenvalue weighted by atomic mass is 10.0. The molecular weight excluding hydrogens is 999 g/mol. The predicted octanol–water partition coefficient (Wildman–Crippen LogP) is 18.7. The molecule has 1 aliphatic rings. The van der Waals surface area contributed by atoms with E-state index in [0.717, 1.165) is 79.9 Å². The smallest absolute Gasteiger partial charge is 0.164 e. The Hall–Kier alpha value is -10.9. The molecule has 0 atom stereocenters. The zero-order valence-corrected chi connectivity index (χ0v) is 44.5. The van der Waals surface area contributed by atoms with Crippen LogP contribution in [0.5, 0.6) is 0 Å². The number of fused-ring (bicyclic) bond motifs is 12. The number of allylic oxidation sites excluding steroid dienone is 1. The molecule has 1 aliphatic carbocycles.